The van der Waals surface area contributed by atoms with Crippen LogP contribution in [0.3, 0.4) is 0 Å². The number of methoxy groups -OCH3 is 1. The molecule has 0 aliphatic rings. The van der Waals surface area contributed by atoms with Crippen molar-refractivity contribution in [1.29, 1.82) is 0 Å². The van der Waals surface area contributed by atoms with Crippen LogP contribution in [0.1, 0.15) is 21.7 Å². The van der Waals surface area contributed by atoms with Crippen molar-refractivity contribution < 1.29 is 21.8 Å². The fourth-order valence-electron chi connectivity index (χ4n) is 1.56. The van der Waals surface area contributed by atoms with Crippen molar-refractivity contribution in [2.45, 2.75) is 18.7 Å². The van der Waals surface area contributed by atoms with Gasteiger partial charge < -0.3 is 9.30 Å². The lowest BCUT2D eigenvalue weighted by Gasteiger charge is -2.00. The first-order valence-corrected chi connectivity index (χ1v) is 5.79. The van der Waals surface area contributed by atoms with Crippen molar-refractivity contribution >= 4 is 16.2 Å². The van der Waals surface area contributed by atoms with Gasteiger partial charge in [0.1, 0.15) is 10.5 Å². The van der Waals surface area contributed by atoms with Crippen LogP contribution in [0.15, 0.2) is 4.90 Å². The van der Waals surface area contributed by atoms with Gasteiger partial charge in [0, 0.05) is 18.4 Å². The van der Waals surface area contributed by atoms with Gasteiger partial charge in [0.15, 0.2) is 0 Å². The predicted molar refractivity (Wildman–Crippen MR) is 54.5 cm³/mol. The SMILES string of the molecule is COC(=O)c1c(S(=O)(=O)F)c(C)n(C)c1C. The van der Waals surface area contributed by atoms with E-state index in [0.29, 0.717) is 5.69 Å². The summed E-state index contributed by atoms with van der Waals surface area (Å²) < 4.78 is 40.9. The highest BCUT2D eigenvalue weighted by Gasteiger charge is 2.30. The summed E-state index contributed by atoms with van der Waals surface area (Å²) in [7, 11) is -2.29. The summed E-state index contributed by atoms with van der Waals surface area (Å²) in [6.07, 6.45) is 0. The van der Waals surface area contributed by atoms with E-state index < -0.39 is 21.1 Å². The van der Waals surface area contributed by atoms with Crippen molar-refractivity contribution in [3.63, 3.8) is 0 Å². The minimum Gasteiger partial charge on any atom is -0.465 e. The van der Waals surface area contributed by atoms with Gasteiger partial charge in [-0.3, -0.25) is 0 Å². The number of halogens is 1. The van der Waals surface area contributed by atoms with E-state index >= 15 is 0 Å². The third-order valence-corrected chi connectivity index (χ3v) is 3.54. The fraction of sp³-hybridized carbons (Fsp3) is 0.444. The van der Waals surface area contributed by atoms with Crippen LogP contribution in [-0.4, -0.2) is 26.1 Å². The average molecular weight is 249 g/mol. The molecule has 16 heavy (non-hydrogen) atoms. The molecule has 0 saturated carbocycles. The Morgan fingerprint density at radius 1 is 1.31 bits per heavy atom. The number of carbonyl (C=O) groups excluding carboxylic acids is 1. The minimum atomic E-state index is -4.94. The molecule has 0 N–H and O–H groups in total. The zero-order chi connectivity index (χ0) is 12.7. The lowest BCUT2D eigenvalue weighted by molar-refractivity contribution is 0.0595. The van der Waals surface area contributed by atoms with E-state index in [1.807, 2.05) is 0 Å². The highest BCUT2D eigenvalue weighted by molar-refractivity contribution is 7.86. The van der Waals surface area contributed by atoms with E-state index in [1.54, 1.807) is 7.05 Å². The molecule has 0 aromatic carbocycles. The van der Waals surface area contributed by atoms with Gasteiger partial charge in [-0.05, 0) is 13.8 Å². The molecule has 7 heteroatoms. The van der Waals surface area contributed by atoms with Gasteiger partial charge in [0.05, 0.1) is 7.11 Å². The van der Waals surface area contributed by atoms with E-state index in [4.69, 9.17) is 0 Å². The summed E-state index contributed by atoms with van der Waals surface area (Å²) in [5, 5.41) is 0. The van der Waals surface area contributed by atoms with Crippen molar-refractivity contribution in [3.05, 3.63) is 17.0 Å². The van der Waals surface area contributed by atoms with Crippen LogP contribution in [-0.2, 0) is 22.0 Å². The zero-order valence-electron chi connectivity index (χ0n) is 9.37. The second-order valence-corrected chi connectivity index (χ2v) is 4.65. The highest BCUT2D eigenvalue weighted by atomic mass is 32.3. The van der Waals surface area contributed by atoms with Gasteiger partial charge in [-0.15, -0.1) is 3.89 Å². The third kappa shape index (κ3) is 1.82. The summed E-state index contributed by atoms with van der Waals surface area (Å²) in [6, 6.07) is 0. The van der Waals surface area contributed by atoms with Gasteiger partial charge in [-0.1, -0.05) is 0 Å². The van der Waals surface area contributed by atoms with Gasteiger partial charge >= 0.3 is 16.2 Å². The first kappa shape index (κ1) is 12.7. The lowest BCUT2D eigenvalue weighted by atomic mass is 10.2. The van der Waals surface area contributed by atoms with E-state index in [-0.39, 0.29) is 11.3 Å². The zero-order valence-corrected chi connectivity index (χ0v) is 10.2. The second kappa shape index (κ2) is 3.89. The Morgan fingerprint density at radius 3 is 2.19 bits per heavy atom. The number of rotatable bonds is 2. The van der Waals surface area contributed by atoms with Crippen LogP contribution in [0.4, 0.5) is 3.89 Å². The van der Waals surface area contributed by atoms with Crippen molar-refractivity contribution in [2.75, 3.05) is 7.11 Å². The van der Waals surface area contributed by atoms with Crippen LogP contribution >= 0.6 is 0 Å². The molecule has 0 aliphatic heterocycles. The number of hydrogen-bond acceptors (Lipinski definition) is 4. The van der Waals surface area contributed by atoms with Crippen LogP contribution in [0.2, 0.25) is 0 Å². The van der Waals surface area contributed by atoms with Crippen molar-refractivity contribution in [2.24, 2.45) is 7.05 Å². The number of hydrogen-bond donors (Lipinski definition) is 0. The molecule has 0 amide bonds. The summed E-state index contributed by atoms with van der Waals surface area (Å²) in [5.41, 5.74) is 0.269. The number of esters is 1. The third-order valence-electron chi connectivity index (χ3n) is 2.56. The van der Waals surface area contributed by atoms with Crippen molar-refractivity contribution in [3.8, 4) is 0 Å². The molecule has 0 unspecified atom stereocenters. The van der Waals surface area contributed by atoms with E-state index in [1.165, 1.54) is 18.4 Å². The molecule has 0 fully saturated rings. The fourth-order valence-corrected chi connectivity index (χ4v) is 2.52. The summed E-state index contributed by atoms with van der Waals surface area (Å²) in [5.74, 6) is -0.863. The van der Waals surface area contributed by atoms with Crippen LogP contribution in [0, 0.1) is 13.8 Å². The average Bonchev–Trinajstić information content (AvgIpc) is 2.40. The Bertz CT molecular complexity index is 544. The first-order chi connectivity index (χ1) is 7.21. The summed E-state index contributed by atoms with van der Waals surface area (Å²) >= 11 is 0. The molecular weight excluding hydrogens is 237 g/mol. The Kier molecular flexibility index (Phi) is 3.09. The minimum absolute atomic E-state index is 0.167. The smallest absolute Gasteiger partial charge is 0.341 e. The number of carbonyl (C=O) groups is 1. The van der Waals surface area contributed by atoms with Gasteiger partial charge in [0.2, 0.25) is 0 Å². The molecular formula is C9H12FNO4S. The van der Waals surface area contributed by atoms with Gasteiger partial charge in [0.25, 0.3) is 0 Å². The van der Waals surface area contributed by atoms with Crippen LogP contribution in [0.25, 0.3) is 0 Å². The molecule has 0 aliphatic carbocycles. The molecule has 1 aromatic heterocycles. The molecule has 1 heterocycles. The Balaban J connectivity index is 3.72. The molecule has 5 nitrogen and oxygen atoms in total. The van der Waals surface area contributed by atoms with Crippen molar-refractivity contribution in [1.82, 2.24) is 4.57 Å². The number of nitrogens with zero attached hydrogens (tertiary/aromatic N) is 1. The highest BCUT2D eigenvalue weighted by Crippen LogP contribution is 2.28. The molecule has 90 valence electrons. The quantitative estimate of drug-likeness (QED) is 0.581. The van der Waals surface area contributed by atoms with Gasteiger partial charge in [-0.2, -0.15) is 8.42 Å². The Labute approximate surface area is 93.0 Å². The summed E-state index contributed by atoms with van der Waals surface area (Å²) in [4.78, 5) is 10.8. The maximum Gasteiger partial charge on any atom is 0.341 e. The van der Waals surface area contributed by atoms with E-state index in [0.717, 1.165) is 7.11 Å². The van der Waals surface area contributed by atoms with Gasteiger partial charge in [-0.25, -0.2) is 4.79 Å². The maximum absolute atomic E-state index is 13.1. The Morgan fingerprint density at radius 2 is 1.81 bits per heavy atom. The molecule has 1 aromatic rings. The largest absolute Gasteiger partial charge is 0.465 e. The molecule has 0 saturated heterocycles. The maximum atomic E-state index is 13.1. The topological polar surface area (TPSA) is 65.4 Å². The van der Waals surface area contributed by atoms with Crippen LogP contribution < -0.4 is 0 Å². The Hall–Kier alpha value is -1.37. The van der Waals surface area contributed by atoms with Crippen LogP contribution in [0.5, 0.6) is 0 Å². The molecule has 0 atom stereocenters. The molecule has 0 radical (unpaired) electrons. The number of aromatic nitrogens is 1. The standard InChI is InChI=1S/C9H12FNO4S/c1-5-7(9(12)15-4)8(16(10,13)14)6(2)11(5)3/h1-4H3. The molecule has 0 spiro atoms. The predicted octanol–water partition coefficient (Wildman–Crippen LogP) is 1.09. The molecule has 1 rings (SSSR count). The summed E-state index contributed by atoms with van der Waals surface area (Å²) in [6.45, 7) is 2.94. The number of ether oxygens (including phenoxy) is 1. The first-order valence-electron chi connectivity index (χ1n) is 4.40. The van der Waals surface area contributed by atoms with E-state index in [9.17, 15) is 17.1 Å². The second-order valence-electron chi connectivity index (χ2n) is 3.36. The molecule has 0 bridgehead atoms. The monoisotopic (exact) mass is 249 g/mol. The lowest BCUT2D eigenvalue weighted by Crippen LogP contribution is -2.07. The normalized spacial score (nSPS) is 11.6. The van der Waals surface area contributed by atoms with E-state index in [2.05, 4.69) is 4.74 Å².